The summed E-state index contributed by atoms with van der Waals surface area (Å²) in [5.41, 5.74) is 4.17. The first-order valence-electron chi connectivity index (χ1n) is 9.32. The summed E-state index contributed by atoms with van der Waals surface area (Å²) >= 11 is 0. The van der Waals surface area contributed by atoms with Crippen LogP contribution in [0.5, 0.6) is 0 Å². The number of sulfonamides is 1. The predicted molar refractivity (Wildman–Crippen MR) is 107 cm³/mol. The number of hydrogen-bond donors (Lipinski definition) is 0. The molecule has 0 aliphatic carbocycles. The lowest BCUT2D eigenvalue weighted by Crippen LogP contribution is -2.49. The van der Waals surface area contributed by atoms with Gasteiger partial charge in [-0.3, -0.25) is 0 Å². The van der Waals surface area contributed by atoms with Crippen molar-refractivity contribution in [2.45, 2.75) is 38.5 Å². The highest BCUT2D eigenvalue weighted by Crippen LogP contribution is 2.32. The lowest BCUT2D eigenvalue weighted by molar-refractivity contribution is 0.384. The third-order valence-electron chi connectivity index (χ3n) is 5.20. The van der Waals surface area contributed by atoms with Crippen molar-refractivity contribution in [3.8, 4) is 0 Å². The van der Waals surface area contributed by atoms with Crippen LogP contribution < -0.4 is 4.90 Å². The Kier molecular flexibility index (Phi) is 5.58. The highest BCUT2D eigenvalue weighted by molar-refractivity contribution is 7.89. The minimum atomic E-state index is -3.61. The Balaban J connectivity index is 1.82. The molecule has 0 aromatic heterocycles. The van der Waals surface area contributed by atoms with E-state index in [9.17, 15) is 12.8 Å². The fraction of sp³-hybridized carbons (Fsp3) is 0.429. The Morgan fingerprint density at radius 2 is 1.63 bits per heavy atom. The molecule has 1 fully saturated rings. The van der Waals surface area contributed by atoms with Crippen molar-refractivity contribution in [2.75, 3.05) is 31.1 Å². The van der Waals surface area contributed by atoms with Crippen molar-refractivity contribution in [1.82, 2.24) is 4.31 Å². The molecule has 0 saturated carbocycles. The van der Waals surface area contributed by atoms with Gasteiger partial charge in [0, 0.05) is 31.9 Å². The maximum atomic E-state index is 13.3. The topological polar surface area (TPSA) is 40.6 Å². The number of aryl methyl sites for hydroxylation is 2. The molecule has 1 aliphatic rings. The molecule has 1 saturated heterocycles. The van der Waals surface area contributed by atoms with E-state index in [-0.39, 0.29) is 4.90 Å². The summed E-state index contributed by atoms with van der Waals surface area (Å²) in [5.74, 6) is -0.0134. The standard InChI is InChI=1S/C21H27FN2O2S/c1-15(2)19-7-5-6-16(3)21(19)23-10-12-24(13-11-23)27(25,26)20-9-8-18(22)14-17(20)4/h5-9,14-15H,10-13H2,1-4H3. The van der Waals surface area contributed by atoms with E-state index >= 15 is 0 Å². The lowest BCUT2D eigenvalue weighted by Gasteiger charge is -2.37. The van der Waals surface area contributed by atoms with Gasteiger partial charge in [0.2, 0.25) is 10.0 Å². The minimum Gasteiger partial charge on any atom is -0.368 e. The van der Waals surface area contributed by atoms with Crippen molar-refractivity contribution >= 4 is 15.7 Å². The number of anilines is 1. The minimum absolute atomic E-state index is 0.191. The third-order valence-corrected chi connectivity index (χ3v) is 7.26. The first-order valence-corrected chi connectivity index (χ1v) is 10.8. The lowest BCUT2D eigenvalue weighted by atomic mass is 9.97. The number of nitrogens with zero attached hydrogens (tertiary/aromatic N) is 2. The maximum Gasteiger partial charge on any atom is 0.243 e. The molecule has 27 heavy (non-hydrogen) atoms. The van der Waals surface area contributed by atoms with E-state index in [0.717, 1.165) is 0 Å². The highest BCUT2D eigenvalue weighted by atomic mass is 32.2. The Bertz CT molecular complexity index is 933. The largest absolute Gasteiger partial charge is 0.368 e. The van der Waals surface area contributed by atoms with Gasteiger partial charge >= 0.3 is 0 Å². The molecule has 2 aromatic carbocycles. The molecular weight excluding hydrogens is 363 g/mol. The molecule has 0 amide bonds. The molecule has 1 aliphatic heterocycles. The van der Waals surface area contributed by atoms with E-state index in [2.05, 4.69) is 43.9 Å². The molecule has 0 atom stereocenters. The van der Waals surface area contributed by atoms with E-state index in [1.165, 1.54) is 39.3 Å². The summed E-state index contributed by atoms with van der Waals surface area (Å²) in [5, 5.41) is 0. The average Bonchev–Trinajstić information content (AvgIpc) is 2.61. The number of piperazine rings is 1. The second-order valence-corrected chi connectivity index (χ2v) is 9.37. The third kappa shape index (κ3) is 3.87. The summed E-state index contributed by atoms with van der Waals surface area (Å²) in [7, 11) is -3.61. The fourth-order valence-corrected chi connectivity index (χ4v) is 5.40. The van der Waals surface area contributed by atoms with Gasteiger partial charge in [0.15, 0.2) is 0 Å². The first-order chi connectivity index (χ1) is 12.7. The zero-order chi connectivity index (χ0) is 19.8. The van der Waals surface area contributed by atoms with Crippen LogP contribution in [0.4, 0.5) is 10.1 Å². The van der Waals surface area contributed by atoms with E-state index in [1.807, 2.05) is 0 Å². The van der Waals surface area contributed by atoms with Crippen LogP contribution in [0.1, 0.15) is 36.5 Å². The Morgan fingerprint density at radius 1 is 0.963 bits per heavy atom. The van der Waals surface area contributed by atoms with E-state index in [0.29, 0.717) is 37.7 Å². The zero-order valence-corrected chi connectivity index (χ0v) is 17.2. The van der Waals surface area contributed by atoms with Crippen molar-refractivity contribution < 1.29 is 12.8 Å². The predicted octanol–water partition coefficient (Wildman–Crippen LogP) is 4.08. The molecule has 0 N–H and O–H groups in total. The molecule has 3 rings (SSSR count). The molecule has 0 unspecified atom stereocenters. The van der Waals surface area contributed by atoms with Gasteiger partial charge < -0.3 is 4.90 Å². The Hall–Kier alpha value is -1.92. The van der Waals surface area contributed by atoms with Crippen LogP contribution in [0.3, 0.4) is 0 Å². The van der Waals surface area contributed by atoms with Gasteiger partial charge in [0.1, 0.15) is 5.82 Å². The number of rotatable bonds is 4. The Labute approximate surface area is 161 Å². The van der Waals surface area contributed by atoms with Crippen molar-refractivity contribution in [3.63, 3.8) is 0 Å². The number of benzene rings is 2. The van der Waals surface area contributed by atoms with E-state index in [4.69, 9.17) is 0 Å². The van der Waals surface area contributed by atoms with Gasteiger partial charge in [-0.15, -0.1) is 0 Å². The van der Waals surface area contributed by atoms with Crippen LogP contribution >= 0.6 is 0 Å². The van der Waals surface area contributed by atoms with Gasteiger partial charge in [0.25, 0.3) is 0 Å². The van der Waals surface area contributed by atoms with Crippen LogP contribution in [0.15, 0.2) is 41.3 Å². The van der Waals surface area contributed by atoms with Crippen molar-refractivity contribution in [3.05, 3.63) is 58.9 Å². The Morgan fingerprint density at radius 3 is 2.22 bits per heavy atom. The quantitative estimate of drug-likeness (QED) is 0.790. The molecule has 0 spiro atoms. The molecule has 0 bridgehead atoms. The molecule has 0 radical (unpaired) electrons. The molecular formula is C21H27FN2O2S. The monoisotopic (exact) mass is 390 g/mol. The maximum absolute atomic E-state index is 13.3. The normalized spacial score (nSPS) is 16.1. The van der Waals surface area contributed by atoms with Crippen molar-refractivity contribution in [1.29, 1.82) is 0 Å². The van der Waals surface area contributed by atoms with Crippen LogP contribution in [-0.2, 0) is 10.0 Å². The average molecular weight is 391 g/mol. The van der Waals surface area contributed by atoms with Crippen LogP contribution in [-0.4, -0.2) is 38.9 Å². The van der Waals surface area contributed by atoms with Crippen LogP contribution in [0.25, 0.3) is 0 Å². The molecule has 4 nitrogen and oxygen atoms in total. The smallest absolute Gasteiger partial charge is 0.243 e. The summed E-state index contributed by atoms with van der Waals surface area (Å²) in [6.45, 7) is 10.2. The van der Waals surface area contributed by atoms with Crippen LogP contribution in [0, 0.1) is 19.7 Å². The molecule has 1 heterocycles. The summed E-state index contributed by atoms with van der Waals surface area (Å²) in [6, 6.07) is 10.2. The van der Waals surface area contributed by atoms with E-state index in [1.54, 1.807) is 6.92 Å². The van der Waals surface area contributed by atoms with Gasteiger partial charge in [0.05, 0.1) is 4.90 Å². The fourth-order valence-electron chi connectivity index (χ4n) is 3.77. The highest BCUT2D eigenvalue weighted by Gasteiger charge is 2.30. The first kappa shape index (κ1) is 19.8. The van der Waals surface area contributed by atoms with Gasteiger partial charge in [-0.2, -0.15) is 4.31 Å². The molecule has 146 valence electrons. The molecule has 6 heteroatoms. The van der Waals surface area contributed by atoms with Gasteiger partial charge in [-0.1, -0.05) is 32.0 Å². The molecule has 2 aromatic rings. The van der Waals surface area contributed by atoms with E-state index < -0.39 is 15.8 Å². The van der Waals surface area contributed by atoms with Gasteiger partial charge in [-0.05, 0) is 54.7 Å². The summed E-state index contributed by atoms with van der Waals surface area (Å²) in [4.78, 5) is 2.48. The van der Waals surface area contributed by atoms with Crippen molar-refractivity contribution in [2.24, 2.45) is 0 Å². The van der Waals surface area contributed by atoms with Crippen LogP contribution in [0.2, 0.25) is 0 Å². The summed E-state index contributed by atoms with van der Waals surface area (Å²) in [6.07, 6.45) is 0. The number of para-hydroxylation sites is 1. The second-order valence-electron chi connectivity index (χ2n) is 7.47. The van der Waals surface area contributed by atoms with Gasteiger partial charge in [-0.25, -0.2) is 12.8 Å². The SMILES string of the molecule is Cc1cc(F)ccc1S(=O)(=O)N1CCN(c2c(C)cccc2C(C)C)CC1. The second kappa shape index (κ2) is 7.60. The summed E-state index contributed by atoms with van der Waals surface area (Å²) < 4.78 is 40.8. The zero-order valence-electron chi connectivity index (χ0n) is 16.4. The number of halogens is 1. The number of hydrogen-bond acceptors (Lipinski definition) is 3.